The van der Waals surface area contributed by atoms with E-state index in [4.69, 9.17) is 5.11 Å². The third-order valence-electron chi connectivity index (χ3n) is 3.98. The summed E-state index contributed by atoms with van der Waals surface area (Å²) >= 11 is 0. The molecule has 1 fully saturated rings. The maximum absolute atomic E-state index is 12.8. The molecule has 1 aromatic rings. The summed E-state index contributed by atoms with van der Waals surface area (Å²) in [4.78, 5) is 14.8. The molecule has 3 nitrogen and oxygen atoms in total. The molecular weight excluding hydrogens is 262 g/mol. The van der Waals surface area contributed by atoms with Gasteiger partial charge in [0.25, 0.3) is 5.91 Å². The van der Waals surface area contributed by atoms with Crippen molar-refractivity contribution < 1.29 is 9.90 Å². The van der Waals surface area contributed by atoms with E-state index in [0.29, 0.717) is 18.0 Å². The normalized spacial score (nSPS) is 14.6. The van der Waals surface area contributed by atoms with Crippen molar-refractivity contribution in [2.24, 2.45) is 0 Å². The minimum Gasteiger partial charge on any atom is -0.395 e. The maximum atomic E-state index is 12.8. The molecule has 0 radical (unpaired) electrons. The summed E-state index contributed by atoms with van der Waals surface area (Å²) in [5.41, 5.74) is 1.43. The van der Waals surface area contributed by atoms with Crippen molar-refractivity contribution in [3.05, 3.63) is 35.4 Å². The number of carbonyl (C=O) groups is 1. The Kier molecular flexibility index (Phi) is 5.83. The average molecular weight is 285 g/mol. The fourth-order valence-electron chi connectivity index (χ4n) is 2.93. The molecule has 0 heterocycles. The number of hydrogen-bond acceptors (Lipinski definition) is 2. The second kappa shape index (κ2) is 7.85. The average Bonchev–Trinajstić information content (AvgIpc) is 3.03. The van der Waals surface area contributed by atoms with E-state index in [1.54, 1.807) is 0 Å². The minimum atomic E-state index is 0.0479. The second-order valence-corrected chi connectivity index (χ2v) is 5.35. The van der Waals surface area contributed by atoms with E-state index in [1.807, 2.05) is 36.1 Å². The molecule has 1 N–H and O–H groups in total. The molecule has 0 aliphatic heterocycles. The first-order chi connectivity index (χ1) is 10.3. The molecule has 3 heteroatoms. The van der Waals surface area contributed by atoms with Crippen LogP contribution in [0, 0.1) is 11.8 Å². The van der Waals surface area contributed by atoms with Crippen molar-refractivity contribution in [2.45, 2.75) is 45.1 Å². The molecule has 0 atom stereocenters. The van der Waals surface area contributed by atoms with Gasteiger partial charge >= 0.3 is 0 Å². The van der Waals surface area contributed by atoms with Gasteiger partial charge in [-0.15, -0.1) is 0 Å². The molecule has 112 valence electrons. The predicted octanol–water partition coefficient (Wildman–Crippen LogP) is 2.83. The highest BCUT2D eigenvalue weighted by atomic mass is 16.2. The first kappa shape index (κ1) is 15.6. The van der Waals surface area contributed by atoms with Crippen molar-refractivity contribution >= 4 is 5.91 Å². The number of aliphatic hydroxyl groups is 1. The van der Waals surface area contributed by atoms with E-state index in [9.17, 15) is 4.79 Å². The summed E-state index contributed by atoms with van der Waals surface area (Å²) in [5.74, 6) is 5.99. The monoisotopic (exact) mass is 285 g/mol. The highest BCUT2D eigenvalue weighted by Crippen LogP contribution is 2.25. The molecule has 2 rings (SSSR count). The Hall–Kier alpha value is -1.79. The van der Waals surface area contributed by atoms with E-state index < -0.39 is 0 Å². The fourth-order valence-corrected chi connectivity index (χ4v) is 2.93. The summed E-state index contributed by atoms with van der Waals surface area (Å²) in [6, 6.07) is 7.88. The Morgan fingerprint density at radius 3 is 2.71 bits per heavy atom. The predicted molar refractivity (Wildman–Crippen MR) is 84.0 cm³/mol. The van der Waals surface area contributed by atoms with Gasteiger partial charge in [-0.3, -0.25) is 4.79 Å². The van der Waals surface area contributed by atoms with Crippen molar-refractivity contribution in [1.29, 1.82) is 0 Å². The Morgan fingerprint density at radius 2 is 2.05 bits per heavy atom. The molecule has 0 aromatic heterocycles. The van der Waals surface area contributed by atoms with Gasteiger partial charge in [-0.1, -0.05) is 36.8 Å². The van der Waals surface area contributed by atoms with Crippen LogP contribution in [0.2, 0.25) is 0 Å². The number of aliphatic hydroxyl groups excluding tert-OH is 1. The van der Waals surface area contributed by atoms with Gasteiger partial charge in [-0.05, 0) is 31.9 Å². The topological polar surface area (TPSA) is 40.5 Å². The van der Waals surface area contributed by atoms with Gasteiger partial charge in [0.1, 0.15) is 0 Å². The zero-order chi connectivity index (χ0) is 15.1. The molecule has 0 spiro atoms. The fraction of sp³-hybridized carbons (Fsp3) is 0.500. The van der Waals surface area contributed by atoms with Crippen molar-refractivity contribution in [1.82, 2.24) is 4.90 Å². The Balaban J connectivity index is 2.23. The smallest absolute Gasteiger partial charge is 0.255 e. The molecule has 0 bridgehead atoms. The van der Waals surface area contributed by atoms with Crippen LogP contribution in [-0.2, 0) is 0 Å². The molecule has 21 heavy (non-hydrogen) atoms. The van der Waals surface area contributed by atoms with Crippen LogP contribution in [0.3, 0.4) is 0 Å². The van der Waals surface area contributed by atoms with Gasteiger partial charge in [-0.2, -0.15) is 0 Å². The zero-order valence-corrected chi connectivity index (χ0v) is 12.6. The number of rotatable bonds is 4. The van der Waals surface area contributed by atoms with Crippen molar-refractivity contribution in [2.75, 3.05) is 13.2 Å². The highest BCUT2D eigenvalue weighted by molar-refractivity contribution is 5.97. The quantitative estimate of drug-likeness (QED) is 0.864. The van der Waals surface area contributed by atoms with Crippen molar-refractivity contribution in [3.8, 4) is 11.8 Å². The summed E-state index contributed by atoms with van der Waals surface area (Å²) in [6.45, 7) is 2.82. The summed E-state index contributed by atoms with van der Waals surface area (Å²) in [6.07, 6.45) is 5.08. The zero-order valence-electron chi connectivity index (χ0n) is 12.6. The SMILES string of the molecule is CCN(C(=O)c1ccccc1C#CCCO)C1CCCC1. The van der Waals surface area contributed by atoms with Crippen LogP contribution in [0.5, 0.6) is 0 Å². The first-order valence-electron chi connectivity index (χ1n) is 7.77. The first-order valence-corrected chi connectivity index (χ1v) is 7.77. The lowest BCUT2D eigenvalue weighted by atomic mass is 10.0. The Morgan fingerprint density at radius 1 is 1.33 bits per heavy atom. The summed E-state index contributed by atoms with van der Waals surface area (Å²) in [7, 11) is 0. The molecule has 1 aliphatic carbocycles. The molecule has 1 aliphatic rings. The van der Waals surface area contributed by atoms with Gasteiger partial charge in [0.2, 0.25) is 0 Å². The van der Waals surface area contributed by atoms with Crippen LogP contribution in [0.15, 0.2) is 24.3 Å². The molecule has 0 unspecified atom stereocenters. The van der Waals surface area contributed by atoms with Gasteiger partial charge in [0.15, 0.2) is 0 Å². The van der Waals surface area contributed by atoms with Crippen molar-refractivity contribution in [3.63, 3.8) is 0 Å². The van der Waals surface area contributed by atoms with E-state index in [0.717, 1.165) is 24.9 Å². The third-order valence-corrected chi connectivity index (χ3v) is 3.98. The third kappa shape index (κ3) is 3.86. The number of nitrogens with zero attached hydrogens (tertiary/aromatic N) is 1. The maximum Gasteiger partial charge on any atom is 0.255 e. The molecule has 1 aromatic carbocycles. The summed E-state index contributed by atoms with van der Waals surface area (Å²) in [5, 5.41) is 8.81. The Bertz CT molecular complexity index is 536. The molecule has 0 saturated heterocycles. The lowest BCUT2D eigenvalue weighted by Gasteiger charge is -2.28. The molecule has 1 saturated carbocycles. The van der Waals surface area contributed by atoms with Gasteiger partial charge in [0, 0.05) is 24.6 Å². The molecule has 1 amide bonds. The van der Waals surface area contributed by atoms with Crippen LogP contribution in [0.4, 0.5) is 0 Å². The van der Waals surface area contributed by atoms with E-state index >= 15 is 0 Å². The van der Waals surface area contributed by atoms with Gasteiger partial charge in [-0.25, -0.2) is 0 Å². The molecular formula is C18H23NO2. The van der Waals surface area contributed by atoms with Crippen LogP contribution in [0.1, 0.15) is 54.9 Å². The summed E-state index contributed by atoms with van der Waals surface area (Å²) < 4.78 is 0. The van der Waals surface area contributed by atoms with Crippen LogP contribution >= 0.6 is 0 Å². The number of carbonyl (C=O) groups excluding carboxylic acids is 1. The van der Waals surface area contributed by atoms with Crippen LogP contribution in [-0.4, -0.2) is 35.1 Å². The van der Waals surface area contributed by atoms with Gasteiger partial charge < -0.3 is 10.0 Å². The second-order valence-electron chi connectivity index (χ2n) is 5.35. The number of benzene rings is 1. The number of hydrogen-bond donors (Lipinski definition) is 1. The van der Waals surface area contributed by atoms with E-state index in [1.165, 1.54) is 12.8 Å². The largest absolute Gasteiger partial charge is 0.395 e. The van der Waals surface area contributed by atoms with Crippen LogP contribution in [0.25, 0.3) is 0 Å². The lowest BCUT2D eigenvalue weighted by Crippen LogP contribution is -2.38. The van der Waals surface area contributed by atoms with E-state index in [2.05, 4.69) is 11.8 Å². The lowest BCUT2D eigenvalue weighted by molar-refractivity contribution is 0.0693. The van der Waals surface area contributed by atoms with Gasteiger partial charge in [0.05, 0.1) is 12.2 Å². The highest BCUT2D eigenvalue weighted by Gasteiger charge is 2.26. The van der Waals surface area contributed by atoms with Crippen LogP contribution < -0.4 is 0 Å². The Labute approximate surface area is 127 Å². The van der Waals surface area contributed by atoms with E-state index in [-0.39, 0.29) is 12.5 Å². The minimum absolute atomic E-state index is 0.0479. The number of amides is 1. The standard InChI is InChI=1S/C18H23NO2/c1-2-19(16-11-4-5-12-16)18(21)17-13-6-3-9-15(17)10-7-8-14-20/h3,6,9,13,16,20H,2,4-5,8,11-12,14H2,1H3.